The number of furan rings is 1. The number of anilines is 1. The molecule has 9 nitrogen and oxygen atoms in total. The van der Waals surface area contributed by atoms with Gasteiger partial charge in [0.15, 0.2) is 5.76 Å². The first-order valence-corrected chi connectivity index (χ1v) is 13.1. The van der Waals surface area contributed by atoms with Gasteiger partial charge in [0.05, 0.1) is 5.92 Å². The SMILES string of the molecule is Cc1cccc(N2CCN(C(=O)[C@H]3CCCN(S(=O)(=O)c4ccc(-c5ccn[nH]5)o4)C3)CC2)c1. The van der Waals surface area contributed by atoms with Gasteiger partial charge in [-0.3, -0.25) is 9.89 Å². The first kappa shape index (κ1) is 22.7. The Labute approximate surface area is 199 Å². The summed E-state index contributed by atoms with van der Waals surface area (Å²) in [5.74, 6) is 0.115. The number of sulfonamides is 1. The number of rotatable bonds is 5. The molecule has 2 fully saturated rings. The van der Waals surface area contributed by atoms with Gasteiger partial charge >= 0.3 is 0 Å². The van der Waals surface area contributed by atoms with Crippen LogP contribution in [0.2, 0.25) is 0 Å². The van der Waals surface area contributed by atoms with Crippen molar-refractivity contribution in [3.63, 3.8) is 0 Å². The summed E-state index contributed by atoms with van der Waals surface area (Å²) in [7, 11) is -3.82. The van der Waals surface area contributed by atoms with Gasteiger partial charge in [-0.25, -0.2) is 8.42 Å². The lowest BCUT2D eigenvalue weighted by Gasteiger charge is -2.39. The van der Waals surface area contributed by atoms with Gasteiger partial charge < -0.3 is 14.2 Å². The third-order valence-electron chi connectivity index (χ3n) is 6.63. The molecule has 1 N–H and O–H groups in total. The van der Waals surface area contributed by atoms with Gasteiger partial charge in [-0.15, -0.1) is 0 Å². The van der Waals surface area contributed by atoms with E-state index in [1.807, 2.05) is 4.90 Å². The molecule has 2 aliphatic rings. The Morgan fingerprint density at radius 1 is 1.09 bits per heavy atom. The largest absolute Gasteiger partial charge is 0.442 e. The molecule has 0 bridgehead atoms. The fraction of sp³-hybridized carbons (Fsp3) is 0.417. The van der Waals surface area contributed by atoms with Gasteiger partial charge in [0.25, 0.3) is 10.0 Å². The summed E-state index contributed by atoms with van der Waals surface area (Å²) in [4.78, 5) is 17.4. The third kappa shape index (κ3) is 4.47. The summed E-state index contributed by atoms with van der Waals surface area (Å²) in [5, 5.41) is 6.52. The smallest absolute Gasteiger partial charge is 0.276 e. The number of carbonyl (C=O) groups is 1. The number of aromatic nitrogens is 2. The number of hydrogen-bond donors (Lipinski definition) is 1. The summed E-state index contributed by atoms with van der Waals surface area (Å²) in [5.41, 5.74) is 3.00. The van der Waals surface area contributed by atoms with E-state index in [2.05, 4.69) is 46.3 Å². The highest BCUT2D eigenvalue weighted by atomic mass is 32.2. The second kappa shape index (κ2) is 9.27. The highest BCUT2D eigenvalue weighted by Gasteiger charge is 2.37. The maximum absolute atomic E-state index is 13.3. The lowest BCUT2D eigenvalue weighted by atomic mass is 9.97. The number of H-pyrrole nitrogens is 1. The van der Waals surface area contributed by atoms with Gasteiger partial charge in [0.1, 0.15) is 5.69 Å². The van der Waals surface area contributed by atoms with Gasteiger partial charge in [0, 0.05) is 51.2 Å². The Bertz CT molecular complexity index is 1250. The van der Waals surface area contributed by atoms with E-state index < -0.39 is 10.0 Å². The Morgan fingerprint density at radius 2 is 1.91 bits per heavy atom. The molecule has 0 radical (unpaired) electrons. The quantitative estimate of drug-likeness (QED) is 0.599. The van der Waals surface area contributed by atoms with Gasteiger partial charge in [0.2, 0.25) is 11.0 Å². The van der Waals surface area contributed by atoms with Crippen molar-refractivity contribution in [2.75, 3.05) is 44.2 Å². The molecule has 0 aliphatic carbocycles. The van der Waals surface area contributed by atoms with E-state index in [0.717, 1.165) is 13.1 Å². The van der Waals surface area contributed by atoms with Crippen LogP contribution < -0.4 is 4.90 Å². The molecule has 0 unspecified atom stereocenters. The van der Waals surface area contributed by atoms with Crippen LogP contribution >= 0.6 is 0 Å². The molecular weight excluding hydrogens is 454 g/mol. The second-order valence-corrected chi connectivity index (χ2v) is 10.8. The highest BCUT2D eigenvalue weighted by molar-refractivity contribution is 7.89. The first-order chi connectivity index (χ1) is 16.4. The summed E-state index contributed by atoms with van der Waals surface area (Å²) < 4.78 is 33.4. The van der Waals surface area contributed by atoms with Crippen LogP contribution in [0.3, 0.4) is 0 Å². The first-order valence-electron chi connectivity index (χ1n) is 11.6. The molecule has 1 atom stereocenters. The molecule has 1 aromatic carbocycles. The molecule has 4 heterocycles. The van der Waals surface area contributed by atoms with E-state index in [1.54, 1.807) is 18.3 Å². The predicted molar refractivity (Wildman–Crippen MR) is 128 cm³/mol. The Balaban J connectivity index is 1.22. The molecule has 3 aromatic rings. The van der Waals surface area contributed by atoms with Gasteiger partial charge in [-0.05, 0) is 55.7 Å². The van der Waals surface area contributed by atoms with Crippen LogP contribution in [0, 0.1) is 12.8 Å². The zero-order valence-electron chi connectivity index (χ0n) is 19.2. The fourth-order valence-electron chi connectivity index (χ4n) is 4.75. The zero-order valence-corrected chi connectivity index (χ0v) is 20.0. The van der Waals surface area contributed by atoms with Crippen molar-refractivity contribution in [2.24, 2.45) is 5.92 Å². The lowest BCUT2D eigenvalue weighted by molar-refractivity contribution is -0.137. The predicted octanol–water partition coefficient (Wildman–Crippen LogP) is 2.73. The van der Waals surface area contributed by atoms with Crippen molar-refractivity contribution in [3.05, 3.63) is 54.2 Å². The molecular formula is C24H29N5O4S. The molecule has 180 valence electrons. The molecule has 0 spiro atoms. The van der Waals surface area contributed by atoms with Crippen LogP contribution in [0.25, 0.3) is 11.5 Å². The average Bonchev–Trinajstić information content (AvgIpc) is 3.56. The standard InChI is InChI=1S/C24H29N5O4S/c1-18-4-2-6-20(16-18)27-12-14-28(15-13-27)24(30)19-5-3-11-29(17-19)34(31,32)23-8-7-22(33-23)21-9-10-25-26-21/h2,4,6-10,16,19H,3,5,11-15,17H2,1H3,(H,25,26)/t19-/m0/s1. The van der Waals surface area contributed by atoms with Crippen LogP contribution in [0.15, 0.2) is 58.2 Å². The minimum Gasteiger partial charge on any atom is -0.442 e. The maximum Gasteiger partial charge on any atom is 0.276 e. The number of carbonyl (C=O) groups excluding carboxylic acids is 1. The Hall–Kier alpha value is -3.11. The minimum absolute atomic E-state index is 0.0430. The summed E-state index contributed by atoms with van der Waals surface area (Å²) in [6.45, 7) is 5.46. The molecule has 1 amide bonds. The van der Waals surface area contributed by atoms with E-state index in [-0.39, 0.29) is 23.5 Å². The molecule has 2 aromatic heterocycles. The Morgan fingerprint density at radius 3 is 2.65 bits per heavy atom. The van der Waals surface area contributed by atoms with Crippen LogP contribution in [0.5, 0.6) is 0 Å². The second-order valence-electron chi connectivity index (χ2n) is 8.94. The summed E-state index contributed by atoms with van der Waals surface area (Å²) in [6.07, 6.45) is 2.92. The number of amides is 1. The average molecular weight is 484 g/mol. The number of benzene rings is 1. The number of nitrogens with one attached hydrogen (secondary N) is 1. The van der Waals surface area contributed by atoms with Crippen molar-refractivity contribution < 1.29 is 17.6 Å². The lowest BCUT2D eigenvalue weighted by Crippen LogP contribution is -2.53. The van der Waals surface area contributed by atoms with Crippen LogP contribution in [0.4, 0.5) is 5.69 Å². The van der Waals surface area contributed by atoms with E-state index >= 15 is 0 Å². The maximum atomic E-state index is 13.3. The van der Waals surface area contributed by atoms with E-state index in [4.69, 9.17) is 4.42 Å². The molecule has 2 aliphatic heterocycles. The molecule has 0 saturated carbocycles. The monoisotopic (exact) mass is 483 g/mol. The highest BCUT2D eigenvalue weighted by Crippen LogP contribution is 2.29. The molecule has 34 heavy (non-hydrogen) atoms. The number of hydrogen-bond acceptors (Lipinski definition) is 6. The van der Waals surface area contributed by atoms with E-state index in [9.17, 15) is 13.2 Å². The van der Waals surface area contributed by atoms with E-state index in [0.29, 0.717) is 43.9 Å². The minimum atomic E-state index is -3.82. The Kier molecular flexibility index (Phi) is 6.18. The molecule has 5 rings (SSSR count). The number of nitrogens with zero attached hydrogens (tertiary/aromatic N) is 4. The number of aryl methyl sites for hydroxylation is 1. The molecule has 2 saturated heterocycles. The van der Waals surface area contributed by atoms with Crippen molar-refractivity contribution >= 4 is 21.6 Å². The van der Waals surface area contributed by atoms with E-state index in [1.165, 1.54) is 21.6 Å². The van der Waals surface area contributed by atoms with Crippen molar-refractivity contribution in [2.45, 2.75) is 24.9 Å². The summed E-state index contributed by atoms with van der Waals surface area (Å²) >= 11 is 0. The van der Waals surface area contributed by atoms with Crippen LogP contribution in [0.1, 0.15) is 18.4 Å². The van der Waals surface area contributed by atoms with Gasteiger partial charge in [-0.2, -0.15) is 9.40 Å². The third-order valence-corrected chi connectivity index (χ3v) is 8.37. The van der Waals surface area contributed by atoms with Crippen molar-refractivity contribution in [3.8, 4) is 11.5 Å². The number of aromatic amines is 1. The summed E-state index contributed by atoms with van der Waals surface area (Å²) in [6, 6.07) is 13.2. The van der Waals surface area contributed by atoms with Crippen LogP contribution in [-0.4, -0.2) is 73.0 Å². The number of piperidine rings is 1. The van der Waals surface area contributed by atoms with Crippen molar-refractivity contribution in [1.29, 1.82) is 0 Å². The normalized spacial score (nSPS) is 20.0. The fourth-order valence-corrected chi connectivity index (χ4v) is 6.19. The topological polar surface area (TPSA) is 103 Å². The number of piperazine rings is 1. The van der Waals surface area contributed by atoms with Gasteiger partial charge in [-0.1, -0.05) is 12.1 Å². The zero-order chi connectivity index (χ0) is 23.7. The van der Waals surface area contributed by atoms with Crippen LogP contribution in [-0.2, 0) is 14.8 Å². The van der Waals surface area contributed by atoms with Crippen molar-refractivity contribution in [1.82, 2.24) is 19.4 Å². The molecule has 10 heteroatoms.